The van der Waals surface area contributed by atoms with E-state index in [-0.39, 0.29) is 5.31 Å². The molecule has 0 saturated heterocycles. The highest BCUT2D eigenvalue weighted by atomic mass is 31.2. The first-order chi connectivity index (χ1) is 6.08. The number of hydrogen-bond acceptors (Lipinski definition) is 2. The van der Waals surface area contributed by atoms with Crippen LogP contribution >= 0.6 is 7.60 Å². The molecule has 1 aromatic rings. The number of hydrogen-bond donors (Lipinski definition) is 1. The molecule has 1 aromatic carbocycles. The highest BCUT2D eigenvalue weighted by Gasteiger charge is 2.22. The molecule has 0 heterocycles. The van der Waals surface area contributed by atoms with Crippen LogP contribution in [0.3, 0.4) is 0 Å². The third-order valence-corrected chi connectivity index (χ3v) is 3.13. The van der Waals surface area contributed by atoms with Crippen LogP contribution in [0.15, 0.2) is 36.9 Å². The molecule has 1 N–H and O–H groups in total. The summed E-state index contributed by atoms with van der Waals surface area (Å²) >= 11 is 0. The van der Waals surface area contributed by atoms with E-state index in [4.69, 9.17) is 0 Å². The molecule has 1 atom stereocenters. The first kappa shape index (κ1) is 10.2. The van der Waals surface area contributed by atoms with E-state index in [1.165, 1.54) is 7.11 Å². The van der Waals surface area contributed by atoms with Crippen molar-refractivity contribution < 1.29 is 14.0 Å². The van der Waals surface area contributed by atoms with Gasteiger partial charge < -0.3 is 9.42 Å². The van der Waals surface area contributed by atoms with Crippen molar-refractivity contribution in [3.05, 3.63) is 42.5 Å². The van der Waals surface area contributed by atoms with Gasteiger partial charge in [-0.25, -0.2) is 0 Å². The van der Waals surface area contributed by atoms with E-state index in [0.29, 0.717) is 5.56 Å². The van der Waals surface area contributed by atoms with Crippen LogP contribution in [0.5, 0.6) is 0 Å². The quantitative estimate of drug-likeness (QED) is 0.759. The first-order valence-corrected chi connectivity index (χ1v) is 5.29. The summed E-state index contributed by atoms with van der Waals surface area (Å²) < 4.78 is 15.8. The number of benzene rings is 1. The minimum absolute atomic E-state index is 0.121. The molecule has 0 aliphatic rings. The minimum atomic E-state index is -3.68. The monoisotopic (exact) mass is 198 g/mol. The Kier molecular flexibility index (Phi) is 3.04. The maximum Gasteiger partial charge on any atom is 0.358 e. The lowest BCUT2D eigenvalue weighted by molar-refractivity contribution is 0.329. The van der Waals surface area contributed by atoms with E-state index in [1.807, 2.05) is 6.07 Å². The van der Waals surface area contributed by atoms with E-state index < -0.39 is 7.60 Å². The van der Waals surface area contributed by atoms with Crippen molar-refractivity contribution in [2.75, 3.05) is 7.11 Å². The van der Waals surface area contributed by atoms with Crippen LogP contribution in [0.25, 0.3) is 5.31 Å². The zero-order valence-electron chi connectivity index (χ0n) is 7.30. The van der Waals surface area contributed by atoms with Gasteiger partial charge in [0.2, 0.25) is 0 Å². The predicted molar refractivity (Wildman–Crippen MR) is 52.3 cm³/mol. The molecule has 0 aliphatic heterocycles. The van der Waals surface area contributed by atoms with Crippen LogP contribution in [0.1, 0.15) is 5.56 Å². The van der Waals surface area contributed by atoms with Gasteiger partial charge in [0.1, 0.15) is 0 Å². The van der Waals surface area contributed by atoms with Crippen molar-refractivity contribution in [2.45, 2.75) is 0 Å². The Labute approximate surface area is 77.2 Å². The van der Waals surface area contributed by atoms with Crippen molar-refractivity contribution in [2.24, 2.45) is 0 Å². The fourth-order valence-electron chi connectivity index (χ4n) is 0.904. The van der Waals surface area contributed by atoms with Crippen molar-refractivity contribution in [1.82, 2.24) is 0 Å². The highest BCUT2D eigenvalue weighted by Crippen LogP contribution is 2.53. The summed E-state index contributed by atoms with van der Waals surface area (Å²) in [7, 11) is -2.49. The number of rotatable bonds is 3. The Morgan fingerprint density at radius 3 is 2.46 bits per heavy atom. The topological polar surface area (TPSA) is 46.5 Å². The van der Waals surface area contributed by atoms with Crippen molar-refractivity contribution in [1.29, 1.82) is 0 Å². The zero-order valence-corrected chi connectivity index (χ0v) is 8.20. The first-order valence-electron chi connectivity index (χ1n) is 3.71. The van der Waals surface area contributed by atoms with Crippen LogP contribution < -0.4 is 0 Å². The Hall–Kier alpha value is -0.890. The van der Waals surface area contributed by atoms with Gasteiger partial charge in [-0.05, 0) is 5.56 Å². The Morgan fingerprint density at radius 2 is 2.00 bits per heavy atom. The molecule has 0 saturated carbocycles. The van der Waals surface area contributed by atoms with E-state index in [9.17, 15) is 9.46 Å². The smallest absolute Gasteiger partial charge is 0.321 e. The molecule has 1 unspecified atom stereocenters. The van der Waals surface area contributed by atoms with E-state index in [0.717, 1.165) is 0 Å². The molecular formula is C9H11O3P. The molecule has 0 aromatic heterocycles. The molecule has 0 spiro atoms. The average Bonchev–Trinajstić information content (AvgIpc) is 2.18. The molecule has 0 radical (unpaired) electrons. The highest BCUT2D eigenvalue weighted by molar-refractivity contribution is 7.64. The zero-order chi connectivity index (χ0) is 9.90. The van der Waals surface area contributed by atoms with Crippen molar-refractivity contribution >= 4 is 12.9 Å². The molecular weight excluding hydrogens is 187 g/mol. The van der Waals surface area contributed by atoms with Crippen LogP contribution in [0.4, 0.5) is 0 Å². The summed E-state index contributed by atoms with van der Waals surface area (Å²) in [5, 5.41) is 0.121. The average molecular weight is 198 g/mol. The largest absolute Gasteiger partial charge is 0.358 e. The SMILES string of the molecule is C=C(c1ccccc1)P(=O)(O)OC. The van der Waals surface area contributed by atoms with Gasteiger partial charge in [0.05, 0.1) is 5.31 Å². The van der Waals surface area contributed by atoms with Gasteiger partial charge in [0, 0.05) is 7.11 Å². The summed E-state index contributed by atoms with van der Waals surface area (Å²) in [6.07, 6.45) is 0. The lowest BCUT2D eigenvalue weighted by Crippen LogP contribution is -1.87. The van der Waals surface area contributed by atoms with E-state index in [2.05, 4.69) is 11.1 Å². The van der Waals surface area contributed by atoms with Gasteiger partial charge in [-0.15, -0.1) is 0 Å². The van der Waals surface area contributed by atoms with E-state index in [1.54, 1.807) is 24.3 Å². The molecule has 0 aliphatic carbocycles. The Morgan fingerprint density at radius 1 is 1.46 bits per heavy atom. The molecule has 3 nitrogen and oxygen atoms in total. The Balaban J connectivity index is 3.00. The molecule has 13 heavy (non-hydrogen) atoms. The molecule has 0 fully saturated rings. The lowest BCUT2D eigenvalue weighted by Gasteiger charge is -2.11. The van der Waals surface area contributed by atoms with Crippen LogP contribution in [-0.2, 0) is 9.09 Å². The summed E-state index contributed by atoms with van der Waals surface area (Å²) in [4.78, 5) is 9.28. The fourth-order valence-corrected chi connectivity index (χ4v) is 1.60. The van der Waals surface area contributed by atoms with Crippen LogP contribution in [0, 0.1) is 0 Å². The fraction of sp³-hybridized carbons (Fsp3) is 0.111. The van der Waals surface area contributed by atoms with Gasteiger partial charge in [-0.1, -0.05) is 36.9 Å². The molecule has 0 bridgehead atoms. The second-order valence-electron chi connectivity index (χ2n) is 2.52. The third kappa shape index (κ3) is 2.28. The van der Waals surface area contributed by atoms with Crippen LogP contribution in [-0.4, -0.2) is 12.0 Å². The molecule has 4 heteroatoms. The molecule has 70 valence electrons. The lowest BCUT2D eigenvalue weighted by atomic mass is 10.2. The van der Waals surface area contributed by atoms with E-state index >= 15 is 0 Å². The van der Waals surface area contributed by atoms with Gasteiger partial charge >= 0.3 is 7.60 Å². The summed E-state index contributed by atoms with van der Waals surface area (Å²) in [5.41, 5.74) is 0.621. The standard InChI is InChI=1S/C9H11O3P/c1-8(13(10,11)12-2)9-6-4-3-5-7-9/h3-7H,1H2,2H3,(H,10,11). The van der Waals surface area contributed by atoms with Crippen molar-refractivity contribution in [3.8, 4) is 0 Å². The van der Waals surface area contributed by atoms with Gasteiger partial charge in [-0.3, -0.25) is 4.57 Å². The summed E-state index contributed by atoms with van der Waals surface area (Å²) in [6.45, 7) is 3.53. The predicted octanol–water partition coefficient (Wildman–Crippen LogP) is 2.49. The molecule has 1 rings (SSSR count). The maximum atomic E-state index is 11.3. The summed E-state index contributed by atoms with van der Waals surface area (Å²) in [6, 6.07) is 8.80. The Bertz CT molecular complexity index is 345. The van der Waals surface area contributed by atoms with Gasteiger partial charge in [0.25, 0.3) is 0 Å². The second kappa shape index (κ2) is 3.88. The third-order valence-electron chi connectivity index (χ3n) is 1.70. The minimum Gasteiger partial charge on any atom is -0.321 e. The van der Waals surface area contributed by atoms with Gasteiger partial charge in [0.15, 0.2) is 0 Å². The van der Waals surface area contributed by atoms with Crippen LogP contribution in [0.2, 0.25) is 0 Å². The van der Waals surface area contributed by atoms with Crippen molar-refractivity contribution in [3.63, 3.8) is 0 Å². The van der Waals surface area contributed by atoms with Gasteiger partial charge in [-0.2, -0.15) is 0 Å². The summed E-state index contributed by atoms with van der Waals surface area (Å²) in [5.74, 6) is 0. The normalized spacial score (nSPS) is 14.9. The maximum absolute atomic E-state index is 11.3. The molecule has 0 amide bonds. The second-order valence-corrected chi connectivity index (χ2v) is 4.46.